The first kappa shape index (κ1) is 27.0. The van der Waals surface area contributed by atoms with E-state index in [0.29, 0.717) is 48.2 Å². The van der Waals surface area contributed by atoms with Gasteiger partial charge in [0, 0.05) is 40.7 Å². The molecule has 1 radical (unpaired) electrons. The fourth-order valence-corrected chi connectivity index (χ4v) is 4.30. The minimum atomic E-state index is -0.706. The molecule has 5 aromatic rings. The minimum absolute atomic E-state index is 0.119. The molecule has 2 aromatic carbocycles. The van der Waals surface area contributed by atoms with Crippen LogP contribution in [0.2, 0.25) is 0 Å². The average molecular weight is 544 g/mol. The van der Waals surface area contributed by atoms with E-state index < -0.39 is 11.6 Å². The number of pyridine rings is 1. The maximum atomic E-state index is 14.9. The zero-order valence-corrected chi connectivity index (χ0v) is 22.5. The highest BCUT2D eigenvalue weighted by Crippen LogP contribution is 2.32. The molecule has 0 bridgehead atoms. The molecule has 10 heteroatoms. The lowest BCUT2D eigenvalue weighted by molar-refractivity contribution is 0.323. The summed E-state index contributed by atoms with van der Waals surface area (Å²) in [6, 6.07) is 11.7. The van der Waals surface area contributed by atoms with Crippen molar-refractivity contribution >= 4 is 22.4 Å². The maximum Gasteiger partial charge on any atom is 0.183 e. The van der Waals surface area contributed by atoms with E-state index in [2.05, 4.69) is 22.2 Å². The van der Waals surface area contributed by atoms with E-state index in [-0.39, 0.29) is 17.9 Å². The summed E-state index contributed by atoms with van der Waals surface area (Å²) in [4.78, 5) is 13.6. The van der Waals surface area contributed by atoms with E-state index >= 15 is 0 Å². The van der Waals surface area contributed by atoms with Crippen LogP contribution in [-0.2, 0) is 6.54 Å². The Bertz CT molecular complexity index is 1650. The summed E-state index contributed by atoms with van der Waals surface area (Å²) >= 11 is 0. The Labute approximate surface area is 231 Å². The highest BCUT2D eigenvalue weighted by molar-refractivity contribution is 5.92. The van der Waals surface area contributed by atoms with Crippen molar-refractivity contribution in [1.29, 1.82) is 0 Å². The number of benzene rings is 2. The third-order valence-electron chi connectivity index (χ3n) is 6.25. The summed E-state index contributed by atoms with van der Waals surface area (Å²) in [6.07, 6.45) is 3.94. The third kappa shape index (κ3) is 5.56. The number of rotatable bonds is 10. The van der Waals surface area contributed by atoms with Crippen molar-refractivity contribution < 1.29 is 18.3 Å². The number of nitrogens with one attached hydrogen (secondary N) is 1. The Morgan fingerprint density at radius 1 is 1.00 bits per heavy atom. The summed E-state index contributed by atoms with van der Waals surface area (Å²) in [6.45, 7) is 10.0. The Hall–Kier alpha value is -4.60. The van der Waals surface area contributed by atoms with Crippen molar-refractivity contribution in [3.8, 4) is 23.0 Å². The van der Waals surface area contributed by atoms with Crippen LogP contribution in [0, 0.1) is 32.4 Å². The lowest BCUT2D eigenvalue weighted by atomic mass is 10.1. The van der Waals surface area contributed by atoms with Crippen LogP contribution in [0.1, 0.15) is 30.2 Å². The van der Waals surface area contributed by atoms with Crippen LogP contribution in [0.5, 0.6) is 11.5 Å². The SMILES string of the molecule is [CH2]CCOc1cnc(-c2nn(Cc3c(F)cc(OCC)cc3F)c3ccccc23)nc1Nc1cc(C)ncc1C. The van der Waals surface area contributed by atoms with E-state index in [0.717, 1.165) is 22.3 Å². The number of hydrogen-bond donors (Lipinski definition) is 1. The fourth-order valence-electron chi connectivity index (χ4n) is 4.30. The number of para-hydroxylation sites is 1. The molecule has 40 heavy (non-hydrogen) atoms. The first-order valence-electron chi connectivity index (χ1n) is 12.9. The van der Waals surface area contributed by atoms with Gasteiger partial charge in [-0.15, -0.1) is 0 Å². The first-order chi connectivity index (χ1) is 19.4. The standard InChI is InChI=1S/C30H29F2N6O2/c1-5-11-40-27-16-34-30(36-29(27)35-25-12-19(4)33-15-18(25)3)28-21-9-7-8-10-26(21)38(37-28)17-22-23(31)13-20(39-6-2)14-24(22)32/h7-10,12-16H,1,5-6,11,17H2,2-4H3,(H,33,34,35,36). The Morgan fingerprint density at radius 3 is 2.52 bits per heavy atom. The van der Waals surface area contributed by atoms with Crippen molar-refractivity contribution in [2.75, 3.05) is 18.5 Å². The molecule has 205 valence electrons. The van der Waals surface area contributed by atoms with E-state index in [4.69, 9.17) is 19.6 Å². The van der Waals surface area contributed by atoms with Crippen LogP contribution >= 0.6 is 0 Å². The number of anilines is 2. The summed E-state index contributed by atoms with van der Waals surface area (Å²) in [5, 5.41) is 8.79. The largest absolute Gasteiger partial charge is 0.494 e. The first-order valence-corrected chi connectivity index (χ1v) is 12.9. The topological polar surface area (TPSA) is 87.0 Å². The van der Waals surface area contributed by atoms with Gasteiger partial charge in [-0.3, -0.25) is 9.67 Å². The van der Waals surface area contributed by atoms with Gasteiger partial charge < -0.3 is 14.8 Å². The van der Waals surface area contributed by atoms with Gasteiger partial charge in [-0.1, -0.05) is 18.2 Å². The maximum absolute atomic E-state index is 14.9. The van der Waals surface area contributed by atoms with Gasteiger partial charge in [0.25, 0.3) is 0 Å². The predicted molar refractivity (Wildman–Crippen MR) is 150 cm³/mol. The van der Waals surface area contributed by atoms with E-state index in [1.165, 1.54) is 12.1 Å². The van der Waals surface area contributed by atoms with Gasteiger partial charge in [0.2, 0.25) is 0 Å². The number of halogens is 2. The van der Waals surface area contributed by atoms with E-state index in [1.54, 1.807) is 24.0 Å². The van der Waals surface area contributed by atoms with E-state index in [1.807, 2.05) is 44.2 Å². The molecular weight excluding hydrogens is 514 g/mol. The third-order valence-corrected chi connectivity index (χ3v) is 6.25. The number of nitrogens with zero attached hydrogens (tertiary/aromatic N) is 5. The summed E-state index contributed by atoms with van der Waals surface area (Å²) in [5.74, 6) is -0.0283. The van der Waals surface area contributed by atoms with Crippen molar-refractivity contribution in [3.63, 3.8) is 0 Å². The number of hydrogen-bond acceptors (Lipinski definition) is 7. The molecule has 0 unspecified atom stereocenters. The molecule has 0 atom stereocenters. The van der Waals surface area contributed by atoms with Crippen LogP contribution in [0.3, 0.4) is 0 Å². The Balaban J connectivity index is 1.57. The number of aromatic nitrogens is 5. The quantitative estimate of drug-likeness (QED) is 0.213. The molecule has 0 aliphatic heterocycles. The van der Waals surface area contributed by atoms with Gasteiger partial charge in [0.05, 0.1) is 31.5 Å². The minimum Gasteiger partial charge on any atom is -0.494 e. The monoisotopic (exact) mass is 543 g/mol. The van der Waals surface area contributed by atoms with Gasteiger partial charge in [0.1, 0.15) is 23.1 Å². The second-order valence-corrected chi connectivity index (χ2v) is 9.20. The lowest BCUT2D eigenvalue weighted by Crippen LogP contribution is -2.08. The molecule has 5 rings (SSSR count). The average Bonchev–Trinajstić information content (AvgIpc) is 3.30. The van der Waals surface area contributed by atoms with Crippen molar-refractivity contribution in [1.82, 2.24) is 24.7 Å². The predicted octanol–water partition coefficient (Wildman–Crippen LogP) is 6.58. The summed E-state index contributed by atoms with van der Waals surface area (Å²) < 4.78 is 42.5. The van der Waals surface area contributed by atoms with Crippen LogP contribution in [-0.4, -0.2) is 37.9 Å². The molecule has 0 aliphatic carbocycles. The molecule has 8 nitrogen and oxygen atoms in total. The second kappa shape index (κ2) is 11.6. The highest BCUT2D eigenvalue weighted by Gasteiger charge is 2.20. The van der Waals surface area contributed by atoms with Crippen LogP contribution < -0.4 is 14.8 Å². The number of fused-ring (bicyclic) bond motifs is 1. The molecule has 0 saturated carbocycles. The highest BCUT2D eigenvalue weighted by atomic mass is 19.1. The zero-order valence-electron chi connectivity index (χ0n) is 22.5. The van der Waals surface area contributed by atoms with E-state index in [9.17, 15) is 8.78 Å². The van der Waals surface area contributed by atoms with Gasteiger partial charge in [-0.25, -0.2) is 18.7 Å². The molecule has 3 aromatic heterocycles. The van der Waals surface area contributed by atoms with Crippen LogP contribution in [0.4, 0.5) is 20.3 Å². The van der Waals surface area contributed by atoms with Gasteiger partial charge in [-0.2, -0.15) is 5.10 Å². The molecule has 3 heterocycles. The molecule has 0 aliphatic rings. The zero-order chi connectivity index (χ0) is 28.2. The lowest BCUT2D eigenvalue weighted by Gasteiger charge is -2.14. The molecular formula is C30H29F2N6O2. The Morgan fingerprint density at radius 2 is 1.77 bits per heavy atom. The molecule has 0 amide bonds. The van der Waals surface area contributed by atoms with Crippen LogP contribution in [0.25, 0.3) is 22.4 Å². The molecule has 0 fully saturated rings. The summed E-state index contributed by atoms with van der Waals surface area (Å²) in [5.41, 5.74) is 3.64. The van der Waals surface area contributed by atoms with Crippen molar-refractivity contribution in [2.24, 2.45) is 0 Å². The molecule has 1 N–H and O–H groups in total. The molecule has 0 saturated heterocycles. The number of aryl methyl sites for hydroxylation is 2. The summed E-state index contributed by atoms with van der Waals surface area (Å²) in [7, 11) is 0. The van der Waals surface area contributed by atoms with Gasteiger partial charge in [0.15, 0.2) is 17.4 Å². The van der Waals surface area contributed by atoms with Crippen molar-refractivity contribution in [3.05, 3.63) is 90.2 Å². The second-order valence-electron chi connectivity index (χ2n) is 9.20. The molecule has 0 spiro atoms. The smallest absolute Gasteiger partial charge is 0.183 e. The van der Waals surface area contributed by atoms with Crippen molar-refractivity contribution in [2.45, 2.75) is 33.7 Å². The Kier molecular flexibility index (Phi) is 7.86. The normalized spacial score (nSPS) is 11.2. The van der Waals surface area contributed by atoms with Crippen LogP contribution in [0.15, 0.2) is 54.9 Å². The fraction of sp³-hybridized carbons (Fsp3) is 0.233. The number of ether oxygens (including phenoxy) is 2. The van der Waals surface area contributed by atoms with Gasteiger partial charge in [-0.05, 0) is 51.8 Å². The van der Waals surface area contributed by atoms with Gasteiger partial charge >= 0.3 is 0 Å².